The Morgan fingerprint density at radius 1 is 0.840 bits per heavy atom. The number of esters is 1. The Morgan fingerprint density at radius 2 is 1.40 bits per heavy atom. The first kappa shape index (κ1) is 23.9. The summed E-state index contributed by atoms with van der Waals surface area (Å²) in [5, 5.41) is 17.7. The standard InChI is InChI=1S/C21H38O4/c1-2-3-4-5-6-7-8-9-10-11-12-13-14-15-16-17-21(24)25-20(18-22)19-23/h6-7,9-10,20,22-23H,2-5,8,11-19H2,1H3. The molecule has 0 aliphatic heterocycles. The lowest BCUT2D eigenvalue weighted by Crippen LogP contribution is -2.25. The maximum absolute atomic E-state index is 11.4. The summed E-state index contributed by atoms with van der Waals surface area (Å²) in [4.78, 5) is 11.4. The van der Waals surface area contributed by atoms with Crippen molar-refractivity contribution in [2.45, 2.75) is 90.1 Å². The van der Waals surface area contributed by atoms with Gasteiger partial charge >= 0.3 is 5.97 Å². The van der Waals surface area contributed by atoms with Crippen molar-refractivity contribution in [3.63, 3.8) is 0 Å². The maximum atomic E-state index is 11.4. The molecular formula is C21H38O4. The van der Waals surface area contributed by atoms with Gasteiger partial charge in [-0.05, 0) is 38.5 Å². The molecule has 25 heavy (non-hydrogen) atoms. The highest BCUT2D eigenvalue weighted by Crippen LogP contribution is 2.09. The first-order valence-corrected chi connectivity index (χ1v) is 9.95. The molecule has 0 radical (unpaired) electrons. The summed E-state index contributed by atoms with van der Waals surface area (Å²) in [6, 6.07) is 0. The van der Waals surface area contributed by atoms with Crippen molar-refractivity contribution in [3.8, 4) is 0 Å². The van der Waals surface area contributed by atoms with Gasteiger partial charge in [-0.1, -0.05) is 63.3 Å². The average molecular weight is 355 g/mol. The van der Waals surface area contributed by atoms with Gasteiger partial charge in [-0.25, -0.2) is 0 Å². The molecule has 0 saturated heterocycles. The largest absolute Gasteiger partial charge is 0.457 e. The second kappa shape index (κ2) is 19.2. The molecule has 0 heterocycles. The highest BCUT2D eigenvalue weighted by atomic mass is 16.6. The highest BCUT2D eigenvalue weighted by molar-refractivity contribution is 5.69. The van der Waals surface area contributed by atoms with Crippen LogP contribution in [0.3, 0.4) is 0 Å². The van der Waals surface area contributed by atoms with Crippen molar-refractivity contribution in [2.75, 3.05) is 13.2 Å². The number of aliphatic hydroxyl groups is 2. The zero-order chi connectivity index (χ0) is 18.6. The predicted molar refractivity (Wildman–Crippen MR) is 103 cm³/mol. The Hall–Kier alpha value is -1.13. The summed E-state index contributed by atoms with van der Waals surface area (Å²) in [6.45, 7) is 1.57. The number of aliphatic hydroxyl groups excluding tert-OH is 2. The van der Waals surface area contributed by atoms with Gasteiger partial charge in [0.2, 0.25) is 0 Å². The van der Waals surface area contributed by atoms with Crippen molar-refractivity contribution in [1.29, 1.82) is 0 Å². The molecule has 0 bridgehead atoms. The zero-order valence-corrected chi connectivity index (χ0v) is 16.0. The number of ether oxygens (including phenoxy) is 1. The van der Waals surface area contributed by atoms with Crippen LogP contribution in [0.5, 0.6) is 0 Å². The Morgan fingerprint density at radius 3 is 2.00 bits per heavy atom. The van der Waals surface area contributed by atoms with E-state index in [1.807, 2.05) is 0 Å². The lowest BCUT2D eigenvalue weighted by atomic mass is 10.1. The zero-order valence-electron chi connectivity index (χ0n) is 16.0. The summed E-state index contributed by atoms with van der Waals surface area (Å²) >= 11 is 0. The van der Waals surface area contributed by atoms with E-state index in [0.29, 0.717) is 6.42 Å². The third kappa shape index (κ3) is 17.5. The minimum absolute atomic E-state index is 0.329. The topological polar surface area (TPSA) is 66.8 Å². The van der Waals surface area contributed by atoms with Crippen molar-refractivity contribution < 1.29 is 19.7 Å². The number of unbranched alkanes of at least 4 members (excludes halogenated alkanes) is 8. The molecule has 0 amide bonds. The predicted octanol–water partition coefficient (Wildman–Crippen LogP) is 4.70. The monoisotopic (exact) mass is 354 g/mol. The van der Waals surface area contributed by atoms with Gasteiger partial charge in [0.15, 0.2) is 0 Å². The van der Waals surface area contributed by atoms with Crippen LogP contribution in [-0.4, -0.2) is 35.5 Å². The summed E-state index contributed by atoms with van der Waals surface area (Å²) in [6.07, 6.45) is 21.2. The van der Waals surface area contributed by atoms with E-state index >= 15 is 0 Å². The van der Waals surface area contributed by atoms with Crippen molar-refractivity contribution >= 4 is 5.97 Å². The molecule has 0 fully saturated rings. The van der Waals surface area contributed by atoms with E-state index in [1.54, 1.807) is 0 Å². The van der Waals surface area contributed by atoms with E-state index in [2.05, 4.69) is 31.2 Å². The molecule has 0 aromatic carbocycles. The van der Waals surface area contributed by atoms with Crippen LogP contribution in [0.2, 0.25) is 0 Å². The lowest BCUT2D eigenvalue weighted by molar-refractivity contribution is -0.153. The van der Waals surface area contributed by atoms with E-state index < -0.39 is 6.10 Å². The fourth-order valence-electron chi connectivity index (χ4n) is 2.46. The minimum atomic E-state index is -0.773. The van der Waals surface area contributed by atoms with Crippen molar-refractivity contribution in [3.05, 3.63) is 24.3 Å². The average Bonchev–Trinajstić information content (AvgIpc) is 2.62. The van der Waals surface area contributed by atoms with Crippen LogP contribution < -0.4 is 0 Å². The van der Waals surface area contributed by atoms with Gasteiger partial charge in [-0.15, -0.1) is 0 Å². The number of carbonyl (C=O) groups is 1. The summed E-state index contributed by atoms with van der Waals surface area (Å²) in [7, 11) is 0. The van der Waals surface area contributed by atoms with Crippen LogP contribution in [0.15, 0.2) is 24.3 Å². The third-order valence-electron chi connectivity index (χ3n) is 4.04. The molecule has 0 aliphatic carbocycles. The lowest BCUT2D eigenvalue weighted by Gasteiger charge is -2.12. The second-order valence-corrected chi connectivity index (χ2v) is 6.46. The molecule has 4 nitrogen and oxygen atoms in total. The molecule has 0 aromatic rings. The van der Waals surface area contributed by atoms with E-state index in [4.69, 9.17) is 14.9 Å². The number of allylic oxidation sites excluding steroid dienone is 4. The van der Waals surface area contributed by atoms with Gasteiger partial charge in [0.1, 0.15) is 6.10 Å². The van der Waals surface area contributed by atoms with Crippen molar-refractivity contribution in [2.24, 2.45) is 0 Å². The number of hydrogen-bond acceptors (Lipinski definition) is 4. The molecule has 2 N–H and O–H groups in total. The Labute approximate surface area is 154 Å². The van der Waals surface area contributed by atoms with Crippen LogP contribution in [0.1, 0.15) is 84.0 Å². The molecule has 0 aliphatic rings. The van der Waals surface area contributed by atoms with Gasteiger partial charge in [-0.2, -0.15) is 0 Å². The molecule has 0 rings (SSSR count). The number of hydrogen-bond donors (Lipinski definition) is 2. The van der Waals surface area contributed by atoms with Gasteiger partial charge in [0.05, 0.1) is 13.2 Å². The first-order valence-electron chi connectivity index (χ1n) is 9.95. The van der Waals surface area contributed by atoms with Gasteiger partial charge in [-0.3, -0.25) is 4.79 Å². The Bertz CT molecular complexity index is 346. The second-order valence-electron chi connectivity index (χ2n) is 6.46. The van der Waals surface area contributed by atoms with Crippen LogP contribution in [-0.2, 0) is 9.53 Å². The van der Waals surface area contributed by atoms with E-state index in [0.717, 1.165) is 32.1 Å². The first-order chi connectivity index (χ1) is 12.2. The normalized spacial score (nSPS) is 11.8. The molecule has 0 unspecified atom stereocenters. The molecule has 0 atom stereocenters. The van der Waals surface area contributed by atoms with Gasteiger partial charge < -0.3 is 14.9 Å². The molecule has 0 saturated carbocycles. The van der Waals surface area contributed by atoms with Gasteiger partial charge in [0.25, 0.3) is 0 Å². The summed E-state index contributed by atoms with van der Waals surface area (Å²) in [5.74, 6) is -0.334. The summed E-state index contributed by atoms with van der Waals surface area (Å²) < 4.78 is 4.91. The van der Waals surface area contributed by atoms with Crippen LogP contribution in [0, 0.1) is 0 Å². The highest BCUT2D eigenvalue weighted by Gasteiger charge is 2.11. The molecule has 4 heteroatoms. The van der Waals surface area contributed by atoms with E-state index in [9.17, 15) is 4.79 Å². The van der Waals surface area contributed by atoms with Crippen LogP contribution >= 0.6 is 0 Å². The molecule has 0 aromatic heterocycles. The molecule has 0 spiro atoms. The Kier molecular flexibility index (Phi) is 18.3. The van der Waals surface area contributed by atoms with Crippen LogP contribution in [0.4, 0.5) is 0 Å². The van der Waals surface area contributed by atoms with E-state index in [-0.39, 0.29) is 19.2 Å². The fourth-order valence-corrected chi connectivity index (χ4v) is 2.46. The smallest absolute Gasteiger partial charge is 0.306 e. The molecular weight excluding hydrogens is 316 g/mol. The Balaban J connectivity index is 3.35. The summed E-state index contributed by atoms with van der Waals surface area (Å²) in [5.41, 5.74) is 0. The molecule has 146 valence electrons. The fraction of sp³-hybridized carbons (Fsp3) is 0.762. The minimum Gasteiger partial charge on any atom is -0.457 e. The maximum Gasteiger partial charge on any atom is 0.306 e. The number of carbonyl (C=O) groups excluding carboxylic acids is 1. The van der Waals surface area contributed by atoms with Crippen molar-refractivity contribution in [1.82, 2.24) is 0 Å². The van der Waals surface area contributed by atoms with Gasteiger partial charge in [0, 0.05) is 6.42 Å². The van der Waals surface area contributed by atoms with Crippen LogP contribution in [0.25, 0.3) is 0 Å². The SMILES string of the molecule is CCCCCC=CCC=CCCCCCCCC(=O)OC(CO)CO. The third-order valence-corrected chi connectivity index (χ3v) is 4.04. The quantitative estimate of drug-likeness (QED) is 0.226. The number of rotatable bonds is 17. The van der Waals surface area contributed by atoms with E-state index in [1.165, 1.54) is 38.5 Å².